The fraction of sp³-hybridized carbons (Fsp3) is 0.643. The molecule has 1 heterocycles. The Hall–Kier alpha value is -1.21. The standard InChI is InChI=1S/C14H19N3S/c1-10-5-3-4-6-13(10)16-8-12(7-15)14-17-11(2)9-18-14/h8-10,12-13H,3-6H2,1-2H3/t10-,12+,13-/m1/s1. The molecule has 18 heavy (non-hydrogen) atoms. The van der Waals surface area contributed by atoms with Gasteiger partial charge in [-0.3, -0.25) is 4.99 Å². The van der Waals surface area contributed by atoms with Crippen LogP contribution in [0.4, 0.5) is 0 Å². The highest BCUT2D eigenvalue weighted by Crippen LogP contribution is 2.27. The summed E-state index contributed by atoms with van der Waals surface area (Å²) in [6, 6.07) is 2.68. The normalized spacial score (nSPS) is 26.1. The quantitative estimate of drug-likeness (QED) is 0.779. The zero-order valence-corrected chi connectivity index (χ0v) is 11.8. The van der Waals surface area contributed by atoms with E-state index in [-0.39, 0.29) is 5.92 Å². The van der Waals surface area contributed by atoms with Crippen LogP contribution in [0.1, 0.15) is 49.2 Å². The molecule has 1 aromatic rings. The zero-order valence-electron chi connectivity index (χ0n) is 11.0. The lowest BCUT2D eigenvalue weighted by Crippen LogP contribution is -2.20. The minimum absolute atomic E-state index is 0.280. The maximum absolute atomic E-state index is 9.21. The van der Waals surface area contributed by atoms with Crippen molar-refractivity contribution in [3.05, 3.63) is 16.1 Å². The number of nitriles is 1. The van der Waals surface area contributed by atoms with Crippen molar-refractivity contribution in [1.29, 1.82) is 5.26 Å². The number of aliphatic imine (C=N–C) groups is 1. The highest BCUT2D eigenvalue weighted by Gasteiger charge is 2.20. The predicted octanol–water partition coefficient (Wildman–Crippen LogP) is 3.71. The number of rotatable bonds is 3. The van der Waals surface area contributed by atoms with Crippen LogP contribution in [-0.2, 0) is 0 Å². The summed E-state index contributed by atoms with van der Waals surface area (Å²) in [7, 11) is 0. The van der Waals surface area contributed by atoms with E-state index in [1.165, 1.54) is 19.3 Å². The molecule has 0 saturated heterocycles. The average Bonchev–Trinajstić information content (AvgIpc) is 2.79. The summed E-state index contributed by atoms with van der Waals surface area (Å²) in [6.45, 7) is 4.21. The molecular formula is C14H19N3S. The molecule has 0 radical (unpaired) electrons. The lowest BCUT2D eigenvalue weighted by atomic mass is 9.86. The molecule has 0 bridgehead atoms. The first-order chi connectivity index (χ1) is 8.70. The first-order valence-corrected chi connectivity index (χ1v) is 7.43. The van der Waals surface area contributed by atoms with Gasteiger partial charge in [0.15, 0.2) is 0 Å². The van der Waals surface area contributed by atoms with Gasteiger partial charge in [-0.2, -0.15) is 5.26 Å². The summed E-state index contributed by atoms with van der Waals surface area (Å²) in [5.41, 5.74) is 0.981. The van der Waals surface area contributed by atoms with Crippen LogP contribution in [0.15, 0.2) is 10.4 Å². The molecule has 0 aromatic carbocycles. The Morgan fingerprint density at radius 1 is 1.56 bits per heavy atom. The summed E-state index contributed by atoms with van der Waals surface area (Å²) >= 11 is 1.54. The topological polar surface area (TPSA) is 49.0 Å². The highest BCUT2D eigenvalue weighted by molar-refractivity contribution is 7.09. The number of hydrogen-bond donors (Lipinski definition) is 0. The lowest BCUT2D eigenvalue weighted by Gasteiger charge is -2.25. The highest BCUT2D eigenvalue weighted by atomic mass is 32.1. The van der Waals surface area contributed by atoms with E-state index in [9.17, 15) is 5.26 Å². The summed E-state index contributed by atoms with van der Waals surface area (Å²) in [6.07, 6.45) is 6.81. The van der Waals surface area contributed by atoms with Gasteiger partial charge >= 0.3 is 0 Å². The second kappa shape index (κ2) is 6.10. The van der Waals surface area contributed by atoms with Gasteiger partial charge in [-0.1, -0.05) is 19.8 Å². The number of nitrogens with zero attached hydrogens (tertiary/aromatic N) is 3. The van der Waals surface area contributed by atoms with E-state index in [1.54, 1.807) is 11.3 Å². The Balaban J connectivity index is 2.04. The molecule has 3 nitrogen and oxygen atoms in total. The van der Waals surface area contributed by atoms with Crippen molar-refractivity contribution in [2.24, 2.45) is 10.9 Å². The maximum Gasteiger partial charge on any atom is 0.133 e. The first kappa shape index (κ1) is 13.2. The van der Waals surface area contributed by atoms with Gasteiger partial charge in [0.25, 0.3) is 0 Å². The number of thiazole rings is 1. The van der Waals surface area contributed by atoms with Crippen molar-refractivity contribution in [2.45, 2.75) is 51.5 Å². The molecular weight excluding hydrogens is 242 g/mol. The van der Waals surface area contributed by atoms with Crippen LogP contribution >= 0.6 is 11.3 Å². The van der Waals surface area contributed by atoms with Crippen molar-refractivity contribution >= 4 is 17.6 Å². The fourth-order valence-electron chi connectivity index (χ4n) is 2.38. The van der Waals surface area contributed by atoms with Gasteiger partial charge in [0, 0.05) is 17.3 Å². The first-order valence-electron chi connectivity index (χ1n) is 6.55. The Morgan fingerprint density at radius 2 is 2.33 bits per heavy atom. The van der Waals surface area contributed by atoms with Crippen molar-refractivity contribution in [2.75, 3.05) is 0 Å². The maximum atomic E-state index is 9.21. The van der Waals surface area contributed by atoms with Crippen LogP contribution in [0.25, 0.3) is 0 Å². The molecule has 0 N–H and O–H groups in total. The monoisotopic (exact) mass is 261 g/mol. The molecule has 0 spiro atoms. The molecule has 0 unspecified atom stereocenters. The Morgan fingerprint density at radius 3 is 2.94 bits per heavy atom. The lowest BCUT2D eigenvalue weighted by molar-refractivity contribution is 0.333. The molecule has 4 heteroatoms. The van der Waals surface area contributed by atoms with Gasteiger partial charge in [0.05, 0.1) is 12.1 Å². The molecule has 1 saturated carbocycles. The summed E-state index contributed by atoms with van der Waals surface area (Å²) in [5, 5.41) is 12.1. The van der Waals surface area contributed by atoms with E-state index in [0.29, 0.717) is 12.0 Å². The molecule has 2 rings (SSSR count). The Kier molecular flexibility index (Phi) is 4.48. The van der Waals surface area contributed by atoms with Crippen molar-refractivity contribution in [3.8, 4) is 6.07 Å². The summed E-state index contributed by atoms with van der Waals surface area (Å²) < 4.78 is 0. The van der Waals surface area contributed by atoms with E-state index >= 15 is 0 Å². The largest absolute Gasteiger partial charge is 0.292 e. The smallest absolute Gasteiger partial charge is 0.133 e. The van der Waals surface area contributed by atoms with Crippen LogP contribution in [-0.4, -0.2) is 17.2 Å². The second-order valence-corrected chi connectivity index (χ2v) is 5.95. The van der Waals surface area contributed by atoms with Gasteiger partial charge in [-0.25, -0.2) is 4.98 Å². The molecule has 0 aliphatic heterocycles. The zero-order chi connectivity index (χ0) is 13.0. The second-order valence-electron chi connectivity index (χ2n) is 5.06. The number of hydrogen-bond acceptors (Lipinski definition) is 4. The summed E-state index contributed by atoms with van der Waals surface area (Å²) in [5.74, 6) is 0.366. The van der Waals surface area contributed by atoms with Gasteiger partial charge in [0.2, 0.25) is 0 Å². The van der Waals surface area contributed by atoms with Crippen LogP contribution in [0, 0.1) is 24.2 Å². The SMILES string of the molecule is Cc1csc([C@@H](C#N)C=N[C@@H]2CCCC[C@H]2C)n1. The third-order valence-electron chi connectivity index (χ3n) is 3.53. The molecule has 1 fully saturated rings. The van der Waals surface area contributed by atoms with E-state index in [0.717, 1.165) is 17.1 Å². The minimum Gasteiger partial charge on any atom is -0.292 e. The molecule has 96 valence electrons. The Labute approximate surface area is 113 Å². The van der Waals surface area contributed by atoms with Crippen LogP contribution < -0.4 is 0 Å². The number of aromatic nitrogens is 1. The minimum atomic E-state index is -0.280. The van der Waals surface area contributed by atoms with E-state index in [1.807, 2.05) is 18.5 Å². The third kappa shape index (κ3) is 3.17. The average molecular weight is 261 g/mol. The van der Waals surface area contributed by atoms with Gasteiger partial charge in [-0.05, 0) is 25.7 Å². The van der Waals surface area contributed by atoms with Crippen LogP contribution in [0.5, 0.6) is 0 Å². The molecule has 1 aliphatic rings. The van der Waals surface area contributed by atoms with Crippen LogP contribution in [0.2, 0.25) is 0 Å². The van der Waals surface area contributed by atoms with Crippen LogP contribution in [0.3, 0.4) is 0 Å². The predicted molar refractivity (Wildman–Crippen MR) is 75.1 cm³/mol. The van der Waals surface area contributed by atoms with E-state index in [4.69, 9.17) is 0 Å². The van der Waals surface area contributed by atoms with Crippen molar-refractivity contribution in [1.82, 2.24) is 4.98 Å². The fourth-order valence-corrected chi connectivity index (χ4v) is 3.18. The van der Waals surface area contributed by atoms with E-state index in [2.05, 4.69) is 23.0 Å². The van der Waals surface area contributed by atoms with Gasteiger partial charge in [0.1, 0.15) is 10.9 Å². The van der Waals surface area contributed by atoms with Gasteiger partial charge in [-0.15, -0.1) is 11.3 Å². The third-order valence-corrected chi connectivity index (χ3v) is 4.58. The van der Waals surface area contributed by atoms with Gasteiger partial charge < -0.3 is 0 Å². The van der Waals surface area contributed by atoms with Crippen molar-refractivity contribution < 1.29 is 0 Å². The summed E-state index contributed by atoms with van der Waals surface area (Å²) in [4.78, 5) is 9.01. The molecule has 0 amide bonds. The Bertz CT molecular complexity index is 458. The molecule has 3 atom stereocenters. The van der Waals surface area contributed by atoms with Crippen molar-refractivity contribution in [3.63, 3.8) is 0 Å². The molecule has 1 aromatic heterocycles. The van der Waals surface area contributed by atoms with E-state index < -0.39 is 0 Å². The molecule has 1 aliphatic carbocycles. The number of aryl methyl sites for hydroxylation is 1.